The Morgan fingerprint density at radius 2 is 1.70 bits per heavy atom. The van der Waals surface area contributed by atoms with Gasteiger partial charge < -0.3 is 4.90 Å². The second-order valence-corrected chi connectivity index (χ2v) is 7.38. The normalized spacial score (nSPS) is 16.6. The van der Waals surface area contributed by atoms with Crippen LogP contribution in [0.3, 0.4) is 0 Å². The Morgan fingerprint density at radius 3 is 2.45 bits per heavy atom. The predicted molar refractivity (Wildman–Crippen MR) is 89.5 cm³/mol. The molecule has 2 aromatic carbocycles. The van der Waals surface area contributed by atoms with Gasteiger partial charge in [0.15, 0.2) is 0 Å². The largest absolute Gasteiger partial charge is 0.339 e. The minimum atomic E-state index is 0.147. The summed E-state index contributed by atoms with van der Waals surface area (Å²) in [7, 11) is 0. The fourth-order valence-electron chi connectivity index (χ4n) is 2.58. The number of hydrogen-bond acceptors (Lipinski definition) is 1. The number of nitrogens with zero attached hydrogens (tertiary/aromatic N) is 1. The molecule has 1 aliphatic rings. The smallest absolute Gasteiger partial charge is 0.253 e. The molecule has 3 rings (SSSR count). The zero-order valence-corrected chi connectivity index (χ0v) is 14.2. The number of rotatable bonds is 1. The number of likely N-dealkylation sites (tertiary alicyclic amines) is 1. The van der Waals surface area contributed by atoms with E-state index in [1.807, 2.05) is 35.2 Å². The highest BCUT2D eigenvalue weighted by Crippen LogP contribution is 2.23. The Balaban J connectivity index is 1.86. The molecule has 2 aromatic rings. The van der Waals surface area contributed by atoms with Crippen LogP contribution in [0, 0.1) is 0 Å². The molecule has 1 heterocycles. The molecule has 4 heteroatoms. The Hall–Kier alpha value is -0.870. The molecule has 0 atom stereocenters. The van der Waals surface area contributed by atoms with Gasteiger partial charge in [-0.1, -0.05) is 44.0 Å². The van der Waals surface area contributed by atoms with E-state index in [4.69, 9.17) is 0 Å². The zero-order chi connectivity index (χ0) is 14.1. The summed E-state index contributed by atoms with van der Waals surface area (Å²) in [4.78, 5) is 15.0. The summed E-state index contributed by atoms with van der Waals surface area (Å²) in [5.74, 6) is 0.147. The maximum Gasteiger partial charge on any atom is 0.253 e. The van der Waals surface area contributed by atoms with Gasteiger partial charge in [0.25, 0.3) is 5.91 Å². The summed E-state index contributed by atoms with van der Waals surface area (Å²) in [5, 5.41) is 2.25. The van der Waals surface area contributed by atoms with Crippen molar-refractivity contribution in [3.8, 4) is 0 Å². The Morgan fingerprint density at radius 1 is 1.05 bits per heavy atom. The van der Waals surface area contributed by atoms with Crippen molar-refractivity contribution in [2.45, 2.75) is 17.7 Å². The molecule has 1 aliphatic heterocycles. The minimum absolute atomic E-state index is 0.147. The van der Waals surface area contributed by atoms with Crippen LogP contribution in [0.2, 0.25) is 0 Å². The molecule has 0 N–H and O–H groups in total. The van der Waals surface area contributed by atoms with Crippen LogP contribution in [0.5, 0.6) is 0 Å². The third-order valence-electron chi connectivity index (χ3n) is 3.76. The van der Waals surface area contributed by atoms with Gasteiger partial charge in [-0.3, -0.25) is 4.79 Å². The van der Waals surface area contributed by atoms with E-state index in [9.17, 15) is 4.79 Å². The summed E-state index contributed by atoms with van der Waals surface area (Å²) in [6, 6.07) is 12.1. The second-order valence-electron chi connectivity index (χ2n) is 5.17. The van der Waals surface area contributed by atoms with Crippen LogP contribution < -0.4 is 0 Å². The van der Waals surface area contributed by atoms with E-state index in [0.717, 1.165) is 46.7 Å². The van der Waals surface area contributed by atoms with Gasteiger partial charge in [0.05, 0.1) is 0 Å². The molecule has 1 saturated heterocycles. The highest BCUT2D eigenvalue weighted by molar-refractivity contribution is 9.10. The molecule has 0 unspecified atom stereocenters. The molecular weight excluding hydrogens is 382 g/mol. The van der Waals surface area contributed by atoms with Crippen LogP contribution in [0.1, 0.15) is 23.2 Å². The van der Waals surface area contributed by atoms with E-state index in [0.29, 0.717) is 4.83 Å². The number of carbonyl (C=O) groups excluding carboxylic acids is 1. The van der Waals surface area contributed by atoms with E-state index in [-0.39, 0.29) is 5.91 Å². The van der Waals surface area contributed by atoms with E-state index in [1.54, 1.807) is 0 Å². The molecule has 0 spiro atoms. The lowest BCUT2D eigenvalue weighted by atomic mass is 10.0. The first-order chi connectivity index (χ1) is 9.63. The fraction of sp³-hybridized carbons (Fsp3) is 0.312. The van der Waals surface area contributed by atoms with Crippen molar-refractivity contribution in [3.63, 3.8) is 0 Å². The summed E-state index contributed by atoms with van der Waals surface area (Å²) in [5.41, 5.74) is 0.785. The van der Waals surface area contributed by atoms with Crippen LogP contribution in [-0.4, -0.2) is 28.7 Å². The first-order valence-corrected chi connectivity index (χ1v) is 8.47. The summed E-state index contributed by atoms with van der Waals surface area (Å²) < 4.78 is 1.06. The molecule has 20 heavy (non-hydrogen) atoms. The maximum atomic E-state index is 12.5. The topological polar surface area (TPSA) is 20.3 Å². The lowest BCUT2D eigenvalue weighted by molar-refractivity contribution is 0.0728. The Kier molecular flexibility index (Phi) is 4.13. The van der Waals surface area contributed by atoms with Crippen LogP contribution in [-0.2, 0) is 0 Å². The monoisotopic (exact) mass is 395 g/mol. The molecule has 0 bridgehead atoms. The number of carbonyl (C=O) groups is 1. The number of amides is 1. The molecule has 1 fully saturated rings. The SMILES string of the molecule is O=C(c1ccc2cc(Br)ccc2c1)N1CCC(Br)CC1. The number of benzene rings is 2. The second kappa shape index (κ2) is 5.86. The molecule has 1 amide bonds. The standard InChI is InChI=1S/C16H15Br2NO/c17-14-5-7-19(8-6-14)16(20)13-2-1-12-10-15(18)4-3-11(12)9-13/h1-4,9-10,14H,5-8H2. The number of halogens is 2. The van der Waals surface area contributed by atoms with Gasteiger partial charge in [0.1, 0.15) is 0 Å². The quantitative estimate of drug-likeness (QED) is 0.645. The van der Waals surface area contributed by atoms with E-state index in [1.165, 1.54) is 0 Å². The lowest BCUT2D eigenvalue weighted by Crippen LogP contribution is -2.38. The average Bonchev–Trinajstić information content (AvgIpc) is 2.47. The molecule has 0 saturated carbocycles. The molecule has 0 aromatic heterocycles. The zero-order valence-electron chi connectivity index (χ0n) is 11.0. The van der Waals surface area contributed by atoms with Gasteiger partial charge in [0, 0.05) is 28.0 Å². The fourth-order valence-corrected chi connectivity index (χ4v) is 3.37. The van der Waals surface area contributed by atoms with Crippen LogP contribution >= 0.6 is 31.9 Å². The molecule has 2 nitrogen and oxygen atoms in total. The molecule has 104 valence electrons. The highest BCUT2D eigenvalue weighted by Gasteiger charge is 2.22. The third kappa shape index (κ3) is 2.91. The van der Waals surface area contributed by atoms with Gasteiger partial charge >= 0.3 is 0 Å². The van der Waals surface area contributed by atoms with Gasteiger partial charge in [-0.2, -0.15) is 0 Å². The van der Waals surface area contributed by atoms with E-state index in [2.05, 4.69) is 37.9 Å². The summed E-state index contributed by atoms with van der Waals surface area (Å²) in [6.45, 7) is 1.68. The Bertz CT molecular complexity index is 648. The van der Waals surface area contributed by atoms with Crippen molar-refractivity contribution < 1.29 is 4.79 Å². The predicted octanol–water partition coefficient (Wildman–Crippen LogP) is 4.60. The molecular formula is C16H15Br2NO. The number of fused-ring (bicyclic) bond motifs is 1. The summed E-state index contributed by atoms with van der Waals surface area (Å²) in [6.07, 6.45) is 2.07. The van der Waals surface area contributed by atoms with E-state index < -0.39 is 0 Å². The first kappa shape index (κ1) is 14.1. The van der Waals surface area contributed by atoms with Crippen molar-refractivity contribution in [1.29, 1.82) is 0 Å². The van der Waals surface area contributed by atoms with Gasteiger partial charge in [-0.25, -0.2) is 0 Å². The van der Waals surface area contributed by atoms with Gasteiger partial charge in [0.2, 0.25) is 0 Å². The maximum absolute atomic E-state index is 12.5. The van der Waals surface area contributed by atoms with Crippen molar-refractivity contribution in [2.24, 2.45) is 0 Å². The van der Waals surface area contributed by atoms with Gasteiger partial charge in [-0.05, 0) is 47.9 Å². The van der Waals surface area contributed by atoms with Crippen molar-refractivity contribution in [3.05, 3.63) is 46.4 Å². The average molecular weight is 397 g/mol. The van der Waals surface area contributed by atoms with Crippen LogP contribution in [0.25, 0.3) is 10.8 Å². The van der Waals surface area contributed by atoms with Gasteiger partial charge in [-0.15, -0.1) is 0 Å². The number of hydrogen-bond donors (Lipinski definition) is 0. The Labute approximate surface area is 135 Å². The van der Waals surface area contributed by atoms with E-state index >= 15 is 0 Å². The van der Waals surface area contributed by atoms with Crippen LogP contribution in [0.15, 0.2) is 40.9 Å². The summed E-state index contributed by atoms with van der Waals surface area (Å²) >= 11 is 7.09. The minimum Gasteiger partial charge on any atom is -0.339 e. The first-order valence-electron chi connectivity index (χ1n) is 6.76. The van der Waals surface area contributed by atoms with Crippen molar-refractivity contribution in [1.82, 2.24) is 4.90 Å². The number of alkyl halides is 1. The van der Waals surface area contributed by atoms with Crippen LogP contribution in [0.4, 0.5) is 0 Å². The van der Waals surface area contributed by atoms with Crippen molar-refractivity contribution in [2.75, 3.05) is 13.1 Å². The third-order valence-corrected chi connectivity index (χ3v) is 5.17. The lowest BCUT2D eigenvalue weighted by Gasteiger charge is -2.29. The molecule has 0 radical (unpaired) electrons. The molecule has 0 aliphatic carbocycles. The van der Waals surface area contributed by atoms with Crippen molar-refractivity contribution >= 4 is 48.5 Å². The number of piperidine rings is 1. The highest BCUT2D eigenvalue weighted by atomic mass is 79.9.